The van der Waals surface area contributed by atoms with Crippen molar-refractivity contribution in [3.8, 4) is 0 Å². The molecule has 2 unspecified atom stereocenters. The SMILES string of the molecule is CCCCCCN1CC2CNCC2C1. The molecular weight excluding hydrogens is 172 g/mol. The molecule has 2 rings (SSSR count). The predicted molar refractivity (Wildman–Crippen MR) is 60.4 cm³/mol. The van der Waals surface area contributed by atoms with E-state index in [1.807, 2.05) is 0 Å². The van der Waals surface area contributed by atoms with Gasteiger partial charge >= 0.3 is 0 Å². The molecule has 2 saturated heterocycles. The Morgan fingerprint density at radius 2 is 1.79 bits per heavy atom. The van der Waals surface area contributed by atoms with Crippen molar-refractivity contribution in [3.05, 3.63) is 0 Å². The highest BCUT2D eigenvalue weighted by atomic mass is 15.2. The number of nitrogens with one attached hydrogen (secondary N) is 1. The summed E-state index contributed by atoms with van der Waals surface area (Å²) in [6.45, 7) is 8.92. The maximum atomic E-state index is 3.49. The third-order valence-corrected chi connectivity index (χ3v) is 3.79. The second-order valence-electron chi connectivity index (χ2n) is 5.00. The number of nitrogens with zero attached hydrogens (tertiary/aromatic N) is 1. The van der Waals surface area contributed by atoms with Gasteiger partial charge in [0.25, 0.3) is 0 Å². The van der Waals surface area contributed by atoms with Gasteiger partial charge in [-0.05, 0) is 37.9 Å². The largest absolute Gasteiger partial charge is 0.316 e. The van der Waals surface area contributed by atoms with Crippen LogP contribution < -0.4 is 5.32 Å². The summed E-state index contributed by atoms with van der Waals surface area (Å²) < 4.78 is 0. The molecule has 0 amide bonds. The van der Waals surface area contributed by atoms with E-state index in [0.29, 0.717) is 0 Å². The number of unbranched alkanes of at least 4 members (excludes halogenated alkanes) is 3. The van der Waals surface area contributed by atoms with Crippen molar-refractivity contribution in [2.75, 3.05) is 32.7 Å². The first-order chi connectivity index (χ1) is 6.90. The molecule has 0 saturated carbocycles. The minimum atomic E-state index is 0.973. The number of rotatable bonds is 5. The van der Waals surface area contributed by atoms with Crippen LogP contribution in [0.25, 0.3) is 0 Å². The van der Waals surface area contributed by atoms with Crippen molar-refractivity contribution in [3.63, 3.8) is 0 Å². The topological polar surface area (TPSA) is 15.3 Å². The van der Waals surface area contributed by atoms with E-state index < -0.39 is 0 Å². The summed E-state index contributed by atoms with van der Waals surface area (Å²) in [5.41, 5.74) is 0. The lowest BCUT2D eigenvalue weighted by molar-refractivity contribution is 0.305. The molecule has 0 aromatic heterocycles. The van der Waals surface area contributed by atoms with E-state index in [2.05, 4.69) is 17.1 Å². The minimum Gasteiger partial charge on any atom is -0.316 e. The van der Waals surface area contributed by atoms with Crippen LogP contribution in [0.5, 0.6) is 0 Å². The van der Waals surface area contributed by atoms with Gasteiger partial charge in [0.05, 0.1) is 0 Å². The van der Waals surface area contributed by atoms with Gasteiger partial charge in [-0.15, -0.1) is 0 Å². The van der Waals surface area contributed by atoms with Gasteiger partial charge < -0.3 is 10.2 Å². The molecule has 0 spiro atoms. The molecule has 2 aliphatic rings. The Morgan fingerprint density at radius 3 is 2.43 bits per heavy atom. The standard InChI is InChI=1S/C12H24N2/c1-2-3-4-5-6-14-9-11-7-13-8-12(11)10-14/h11-13H,2-10H2,1H3. The van der Waals surface area contributed by atoms with E-state index in [1.54, 1.807) is 0 Å². The van der Waals surface area contributed by atoms with E-state index in [-0.39, 0.29) is 0 Å². The van der Waals surface area contributed by atoms with E-state index >= 15 is 0 Å². The summed E-state index contributed by atoms with van der Waals surface area (Å²) in [4.78, 5) is 2.69. The highest BCUT2D eigenvalue weighted by Crippen LogP contribution is 2.26. The lowest BCUT2D eigenvalue weighted by Crippen LogP contribution is -2.26. The van der Waals surface area contributed by atoms with Crippen LogP contribution in [-0.2, 0) is 0 Å². The van der Waals surface area contributed by atoms with Crippen LogP contribution in [0.15, 0.2) is 0 Å². The molecule has 2 aliphatic heterocycles. The fourth-order valence-corrected chi connectivity index (χ4v) is 2.90. The minimum absolute atomic E-state index is 0.973. The molecule has 0 aromatic rings. The normalized spacial score (nSPS) is 32.4. The molecule has 0 aromatic carbocycles. The Morgan fingerprint density at radius 1 is 1.07 bits per heavy atom. The van der Waals surface area contributed by atoms with Crippen LogP contribution in [-0.4, -0.2) is 37.6 Å². The third kappa shape index (κ3) is 2.48. The summed E-state index contributed by atoms with van der Waals surface area (Å²) in [6, 6.07) is 0. The van der Waals surface area contributed by atoms with Gasteiger partial charge in [-0.2, -0.15) is 0 Å². The average molecular weight is 196 g/mol. The van der Waals surface area contributed by atoms with E-state index in [4.69, 9.17) is 0 Å². The third-order valence-electron chi connectivity index (χ3n) is 3.79. The van der Waals surface area contributed by atoms with Gasteiger partial charge in [0.1, 0.15) is 0 Å². The highest BCUT2D eigenvalue weighted by Gasteiger charge is 2.35. The maximum Gasteiger partial charge on any atom is 0.00255 e. The Hall–Kier alpha value is -0.0800. The highest BCUT2D eigenvalue weighted by molar-refractivity contribution is 4.90. The Labute approximate surface area is 88.1 Å². The predicted octanol–water partition coefficient (Wildman–Crippen LogP) is 1.72. The zero-order chi connectivity index (χ0) is 9.80. The zero-order valence-corrected chi connectivity index (χ0v) is 9.47. The first-order valence-electron chi connectivity index (χ1n) is 6.33. The van der Waals surface area contributed by atoms with Crippen LogP contribution in [0.4, 0.5) is 0 Å². The van der Waals surface area contributed by atoms with Crippen molar-refractivity contribution in [2.45, 2.75) is 32.6 Å². The summed E-state index contributed by atoms with van der Waals surface area (Å²) in [5.74, 6) is 1.95. The van der Waals surface area contributed by atoms with Gasteiger partial charge in [-0.25, -0.2) is 0 Å². The average Bonchev–Trinajstić information content (AvgIpc) is 2.72. The van der Waals surface area contributed by atoms with Gasteiger partial charge in [-0.3, -0.25) is 0 Å². The lowest BCUT2D eigenvalue weighted by atomic mass is 10.0. The van der Waals surface area contributed by atoms with Crippen molar-refractivity contribution in [1.82, 2.24) is 10.2 Å². The molecule has 2 heteroatoms. The molecular formula is C12H24N2. The van der Waals surface area contributed by atoms with Crippen LogP contribution in [0.1, 0.15) is 32.6 Å². The molecule has 82 valence electrons. The molecule has 0 aliphatic carbocycles. The van der Waals surface area contributed by atoms with E-state index in [9.17, 15) is 0 Å². The van der Waals surface area contributed by atoms with Crippen LogP contribution in [0.2, 0.25) is 0 Å². The van der Waals surface area contributed by atoms with Crippen molar-refractivity contribution >= 4 is 0 Å². The molecule has 2 fully saturated rings. The lowest BCUT2D eigenvalue weighted by Gasteiger charge is -2.16. The van der Waals surface area contributed by atoms with Crippen molar-refractivity contribution < 1.29 is 0 Å². The number of hydrogen-bond donors (Lipinski definition) is 1. The van der Waals surface area contributed by atoms with Gasteiger partial charge in [0, 0.05) is 13.1 Å². The smallest absolute Gasteiger partial charge is 0.00255 e. The summed E-state index contributed by atoms with van der Waals surface area (Å²) in [6.07, 6.45) is 5.62. The van der Waals surface area contributed by atoms with Crippen molar-refractivity contribution in [2.24, 2.45) is 11.8 Å². The Bertz CT molecular complexity index is 158. The van der Waals surface area contributed by atoms with E-state index in [0.717, 1.165) is 11.8 Å². The molecule has 0 bridgehead atoms. The summed E-state index contributed by atoms with van der Waals surface area (Å²) >= 11 is 0. The second kappa shape index (κ2) is 5.13. The van der Waals surface area contributed by atoms with Crippen LogP contribution >= 0.6 is 0 Å². The maximum absolute atomic E-state index is 3.49. The Balaban J connectivity index is 1.60. The molecule has 2 nitrogen and oxygen atoms in total. The quantitative estimate of drug-likeness (QED) is 0.674. The molecule has 1 N–H and O–H groups in total. The number of likely N-dealkylation sites (tertiary alicyclic amines) is 1. The molecule has 14 heavy (non-hydrogen) atoms. The molecule has 2 atom stereocenters. The number of hydrogen-bond acceptors (Lipinski definition) is 2. The fourth-order valence-electron chi connectivity index (χ4n) is 2.90. The van der Waals surface area contributed by atoms with Gasteiger partial charge in [-0.1, -0.05) is 26.2 Å². The van der Waals surface area contributed by atoms with Crippen LogP contribution in [0.3, 0.4) is 0 Å². The molecule has 0 radical (unpaired) electrons. The van der Waals surface area contributed by atoms with Crippen LogP contribution in [0, 0.1) is 11.8 Å². The Kier molecular flexibility index (Phi) is 3.82. The fraction of sp³-hybridized carbons (Fsp3) is 1.00. The van der Waals surface area contributed by atoms with Gasteiger partial charge in [0.15, 0.2) is 0 Å². The van der Waals surface area contributed by atoms with E-state index in [1.165, 1.54) is 58.4 Å². The first-order valence-corrected chi connectivity index (χ1v) is 6.33. The summed E-state index contributed by atoms with van der Waals surface area (Å²) in [5, 5.41) is 3.49. The second-order valence-corrected chi connectivity index (χ2v) is 5.00. The molecule has 2 heterocycles. The van der Waals surface area contributed by atoms with Crippen molar-refractivity contribution in [1.29, 1.82) is 0 Å². The van der Waals surface area contributed by atoms with Gasteiger partial charge in [0.2, 0.25) is 0 Å². The number of fused-ring (bicyclic) bond motifs is 1. The first kappa shape index (κ1) is 10.4. The monoisotopic (exact) mass is 196 g/mol. The summed E-state index contributed by atoms with van der Waals surface area (Å²) in [7, 11) is 0. The zero-order valence-electron chi connectivity index (χ0n) is 9.47.